The van der Waals surface area contributed by atoms with Crippen molar-refractivity contribution < 1.29 is 80.2 Å². The van der Waals surface area contributed by atoms with Crippen LogP contribution in [0, 0.1) is 5.92 Å². The van der Waals surface area contributed by atoms with Crippen LogP contribution in [0.5, 0.6) is 0 Å². The van der Waals surface area contributed by atoms with Crippen LogP contribution in [0.3, 0.4) is 0 Å². The third kappa shape index (κ3) is 60.9. The van der Waals surface area contributed by atoms with Crippen LogP contribution in [0.1, 0.15) is 343 Å². The number of esters is 4. The Morgan fingerprint density at radius 2 is 0.535 bits per heavy atom. The Kier molecular flexibility index (Phi) is 59.2. The van der Waals surface area contributed by atoms with Crippen LogP contribution in [-0.2, 0) is 65.4 Å². The molecule has 0 aromatic carbocycles. The molecule has 0 amide bonds. The molecule has 0 rings (SSSR count). The molecule has 0 aromatic heterocycles. The molecule has 17 nitrogen and oxygen atoms in total. The molecule has 0 fully saturated rings. The quantitative estimate of drug-likeness (QED) is 0.0222. The van der Waals surface area contributed by atoms with Crippen molar-refractivity contribution in [2.75, 3.05) is 39.6 Å². The van der Waals surface area contributed by atoms with E-state index in [1.807, 2.05) is 0 Å². The lowest BCUT2D eigenvalue weighted by Crippen LogP contribution is -2.30. The van der Waals surface area contributed by atoms with Gasteiger partial charge < -0.3 is 33.8 Å². The monoisotopic (exact) mass is 1270 g/mol. The molecule has 0 saturated heterocycles. The van der Waals surface area contributed by atoms with Crippen LogP contribution in [0.15, 0.2) is 0 Å². The fourth-order valence-electron chi connectivity index (χ4n) is 10.1. The third-order valence-corrected chi connectivity index (χ3v) is 17.4. The Labute approximate surface area is 524 Å². The van der Waals surface area contributed by atoms with E-state index in [9.17, 15) is 43.2 Å². The summed E-state index contributed by atoms with van der Waals surface area (Å²) in [5.41, 5.74) is 0. The normalized spacial score (nSPS) is 14.2. The Hall–Kier alpha value is -1.94. The summed E-state index contributed by atoms with van der Waals surface area (Å²) in [4.78, 5) is 71.8. The first-order valence-electron chi connectivity index (χ1n) is 35.1. The minimum Gasteiger partial charge on any atom is -0.462 e. The van der Waals surface area contributed by atoms with Crippen LogP contribution >= 0.6 is 15.6 Å². The summed E-state index contributed by atoms with van der Waals surface area (Å²) in [6.45, 7) is 7.06. The van der Waals surface area contributed by atoms with Crippen molar-refractivity contribution in [2.24, 2.45) is 5.92 Å². The van der Waals surface area contributed by atoms with E-state index in [-0.39, 0.29) is 25.7 Å². The van der Waals surface area contributed by atoms with E-state index in [1.165, 1.54) is 161 Å². The van der Waals surface area contributed by atoms with E-state index in [2.05, 4.69) is 34.6 Å². The summed E-state index contributed by atoms with van der Waals surface area (Å²) in [6.07, 6.45) is 46.8. The summed E-state index contributed by atoms with van der Waals surface area (Å²) in [7, 11) is -9.87. The first-order valence-corrected chi connectivity index (χ1v) is 38.1. The number of rotatable bonds is 67. The van der Waals surface area contributed by atoms with Crippen LogP contribution in [0.4, 0.5) is 0 Å². The molecule has 0 aromatic rings. The van der Waals surface area contributed by atoms with Crippen molar-refractivity contribution in [3.8, 4) is 0 Å². The number of aliphatic hydroxyl groups is 1. The number of aliphatic hydroxyl groups excluding tert-OH is 1. The number of hydrogen-bond acceptors (Lipinski definition) is 15. The smallest absolute Gasteiger partial charge is 0.462 e. The lowest BCUT2D eigenvalue weighted by molar-refractivity contribution is -0.161. The first-order chi connectivity index (χ1) is 41.5. The highest BCUT2D eigenvalue weighted by Gasteiger charge is 2.30. The zero-order chi connectivity index (χ0) is 63.5. The molecular formula is C67H130O17P2. The largest absolute Gasteiger partial charge is 0.472 e. The molecule has 0 bridgehead atoms. The number of carbonyl (C=O) groups excluding carboxylic acids is 4. The van der Waals surface area contributed by atoms with Gasteiger partial charge in [0.25, 0.3) is 0 Å². The predicted molar refractivity (Wildman–Crippen MR) is 345 cm³/mol. The van der Waals surface area contributed by atoms with E-state index in [4.69, 9.17) is 37.0 Å². The van der Waals surface area contributed by atoms with Gasteiger partial charge in [0.2, 0.25) is 0 Å². The number of hydrogen-bond donors (Lipinski definition) is 3. The van der Waals surface area contributed by atoms with Gasteiger partial charge in [0, 0.05) is 25.7 Å². The van der Waals surface area contributed by atoms with Gasteiger partial charge in [0.05, 0.1) is 26.4 Å². The van der Waals surface area contributed by atoms with Gasteiger partial charge in [-0.25, -0.2) is 9.13 Å². The SMILES string of the molecule is CCCCCCCCCCCCCCCCCCCCCC(=O)O[C@H](COC(=O)CCCCCCCCCCCCCCCCC(C)C)COP(=O)(O)OC[C@@H](O)COP(=O)(O)OC[C@@H](COC(=O)CCCCCCC)OC(=O)CCCCCCC. The number of carbonyl (C=O) groups is 4. The molecule has 0 radical (unpaired) electrons. The molecule has 86 heavy (non-hydrogen) atoms. The molecule has 0 aliphatic heterocycles. The average Bonchev–Trinajstić information content (AvgIpc) is 3.58. The van der Waals surface area contributed by atoms with Gasteiger partial charge in [-0.15, -0.1) is 0 Å². The maximum atomic E-state index is 13.0. The maximum Gasteiger partial charge on any atom is 0.472 e. The van der Waals surface area contributed by atoms with Crippen molar-refractivity contribution in [1.29, 1.82) is 0 Å². The van der Waals surface area contributed by atoms with Crippen molar-refractivity contribution in [2.45, 2.75) is 361 Å². The lowest BCUT2D eigenvalue weighted by atomic mass is 10.0. The average molecular weight is 1270 g/mol. The van der Waals surface area contributed by atoms with Crippen molar-refractivity contribution in [1.82, 2.24) is 0 Å². The highest BCUT2D eigenvalue weighted by Crippen LogP contribution is 2.45. The second-order valence-electron chi connectivity index (χ2n) is 24.7. The fraction of sp³-hybridized carbons (Fsp3) is 0.940. The van der Waals surface area contributed by atoms with Gasteiger partial charge in [0.15, 0.2) is 12.2 Å². The van der Waals surface area contributed by atoms with Crippen molar-refractivity contribution in [3.63, 3.8) is 0 Å². The highest BCUT2D eigenvalue weighted by molar-refractivity contribution is 7.47. The molecule has 0 saturated carbocycles. The van der Waals surface area contributed by atoms with Gasteiger partial charge in [0.1, 0.15) is 19.3 Å². The third-order valence-electron chi connectivity index (χ3n) is 15.5. The summed E-state index contributed by atoms with van der Waals surface area (Å²) in [5.74, 6) is -1.35. The van der Waals surface area contributed by atoms with Gasteiger partial charge in [-0.2, -0.15) is 0 Å². The summed E-state index contributed by atoms with van der Waals surface area (Å²) >= 11 is 0. The summed E-state index contributed by atoms with van der Waals surface area (Å²) in [5, 5.41) is 10.5. The van der Waals surface area contributed by atoms with Crippen LogP contribution in [0.2, 0.25) is 0 Å². The molecular weight excluding hydrogens is 1140 g/mol. The second-order valence-corrected chi connectivity index (χ2v) is 27.6. The van der Waals surface area contributed by atoms with E-state index in [1.54, 1.807) is 0 Å². The van der Waals surface area contributed by atoms with Crippen LogP contribution in [-0.4, -0.2) is 96.7 Å². The van der Waals surface area contributed by atoms with Crippen molar-refractivity contribution in [3.05, 3.63) is 0 Å². The Morgan fingerprint density at radius 1 is 0.314 bits per heavy atom. The van der Waals surface area contributed by atoms with E-state index in [0.29, 0.717) is 25.7 Å². The number of phosphoric acid groups is 2. The first kappa shape index (κ1) is 84.1. The van der Waals surface area contributed by atoms with E-state index in [0.717, 1.165) is 102 Å². The molecule has 0 spiro atoms. The number of unbranched alkanes of at least 4 members (excludes halogenated alkanes) is 39. The lowest BCUT2D eigenvalue weighted by Gasteiger charge is -2.21. The Morgan fingerprint density at radius 3 is 0.791 bits per heavy atom. The minimum atomic E-state index is -4.94. The molecule has 0 heterocycles. The fourth-order valence-corrected chi connectivity index (χ4v) is 11.7. The zero-order valence-corrected chi connectivity index (χ0v) is 57.2. The maximum absolute atomic E-state index is 13.0. The topological polar surface area (TPSA) is 237 Å². The minimum absolute atomic E-state index is 0.0990. The molecule has 510 valence electrons. The van der Waals surface area contributed by atoms with E-state index < -0.39 is 97.5 Å². The van der Waals surface area contributed by atoms with Gasteiger partial charge in [-0.05, 0) is 31.6 Å². The highest BCUT2D eigenvalue weighted by atomic mass is 31.2. The number of ether oxygens (including phenoxy) is 4. The molecule has 0 aliphatic rings. The summed E-state index contributed by atoms with van der Waals surface area (Å²) in [6, 6.07) is 0. The number of phosphoric ester groups is 2. The Balaban J connectivity index is 5.06. The van der Waals surface area contributed by atoms with Crippen LogP contribution in [0.25, 0.3) is 0 Å². The van der Waals surface area contributed by atoms with Crippen LogP contribution < -0.4 is 0 Å². The second kappa shape index (κ2) is 60.6. The molecule has 0 aliphatic carbocycles. The van der Waals surface area contributed by atoms with Gasteiger partial charge in [-0.1, -0.05) is 291 Å². The molecule has 3 N–H and O–H groups in total. The molecule has 19 heteroatoms. The standard InChI is InChI=1S/C67H130O17P2/c1-6-9-12-15-16-17-18-19-20-21-22-23-24-29-32-35-38-43-48-53-67(72)84-63(57-78-65(70)51-46-42-37-34-31-28-26-25-27-30-33-36-41-44-49-60(4)5)59-82-86(75,76)80-55-61(68)54-79-85(73,74)81-58-62(83-66(71)52-47-40-14-11-8-3)56-77-64(69)50-45-39-13-10-7-2/h60-63,68H,6-59H2,1-5H3,(H,73,74)(H,75,76)/t61-,62+,63+/m0/s1. The molecule has 2 unspecified atom stereocenters. The van der Waals surface area contributed by atoms with Gasteiger partial charge in [-0.3, -0.25) is 37.3 Å². The zero-order valence-electron chi connectivity index (χ0n) is 55.4. The summed E-state index contributed by atoms with van der Waals surface area (Å²) < 4.78 is 67.7. The Bertz CT molecular complexity index is 1670. The predicted octanol–water partition coefficient (Wildman–Crippen LogP) is 19.0. The van der Waals surface area contributed by atoms with E-state index >= 15 is 0 Å². The molecule has 5 atom stereocenters. The van der Waals surface area contributed by atoms with Gasteiger partial charge >= 0.3 is 39.5 Å². The van der Waals surface area contributed by atoms with Crippen molar-refractivity contribution >= 4 is 39.5 Å².